The van der Waals surface area contributed by atoms with E-state index in [1.807, 2.05) is 19.1 Å². The minimum absolute atomic E-state index is 0.229. The monoisotopic (exact) mass is 290 g/mol. The number of esters is 1. The first-order valence-corrected chi connectivity index (χ1v) is 6.84. The second-order valence-electron chi connectivity index (χ2n) is 5.00. The summed E-state index contributed by atoms with van der Waals surface area (Å²) in [5, 5.41) is 0.852. The maximum absolute atomic E-state index is 11.2. The van der Waals surface area contributed by atoms with Gasteiger partial charge in [-0.25, -0.2) is 4.79 Å². The molecule has 1 heterocycles. The molecule has 2 aromatic rings. The van der Waals surface area contributed by atoms with Crippen molar-refractivity contribution in [2.45, 2.75) is 20.3 Å². The van der Waals surface area contributed by atoms with Gasteiger partial charge in [0.15, 0.2) is 0 Å². The summed E-state index contributed by atoms with van der Waals surface area (Å²) < 4.78 is 15.7. The molecular weight excluding hydrogens is 272 g/mol. The number of carbonyl (C=O) groups excluding carboxylic acids is 1. The van der Waals surface area contributed by atoms with Crippen LogP contribution >= 0.6 is 0 Å². The fourth-order valence-electron chi connectivity index (χ4n) is 1.85. The topological polar surface area (TPSA) is 65.7 Å². The Hall–Kier alpha value is -2.30. The Labute approximate surface area is 122 Å². The minimum Gasteiger partial charge on any atom is -0.493 e. The van der Waals surface area contributed by atoms with E-state index in [0.717, 1.165) is 11.8 Å². The molecule has 1 aromatic heterocycles. The lowest BCUT2D eigenvalue weighted by molar-refractivity contribution is -0.142. The van der Waals surface area contributed by atoms with Crippen molar-refractivity contribution in [3.63, 3.8) is 0 Å². The Kier molecular flexibility index (Phi) is 4.98. The number of benzene rings is 1. The third kappa shape index (κ3) is 4.63. The summed E-state index contributed by atoms with van der Waals surface area (Å²) in [5.41, 5.74) is 0.127. The summed E-state index contributed by atoms with van der Waals surface area (Å²) in [6.07, 6.45) is 0.768. The summed E-state index contributed by atoms with van der Waals surface area (Å²) in [5.74, 6) is 0.608. The van der Waals surface area contributed by atoms with Crippen LogP contribution in [0.15, 0.2) is 39.5 Å². The lowest BCUT2D eigenvalue weighted by Gasteiger charge is -2.12. The van der Waals surface area contributed by atoms with Crippen LogP contribution in [0.4, 0.5) is 0 Å². The van der Waals surface area contributed by atoms with Gasteiger partial charge >= 0.3 is 11.6 Å². The van der Waals surface area contributed by atoms with Crippen LogP contribution in [0.5, 0.6) is 5.75 Å². The van der Waals surface area contributed by atoms with Crippen molar-refractivity contribution in [2.75, 3.05) is 13.2 Å². The zero-order chi connectivity index (χ0) is 15.2. The van der Waals surface area contributed by atoms with E-state index in [1.165, 1.54) is 13.0 Å². The highest BCUT2D eigenvalue weighted by Gasteiger charge is 2.06. The van der Waals surface area contributed by atoms with Gasteiger partial charge in [-0.2, -0.15) is 0 Å². The lowest BCUT2D eigenvalue weighted by atomic mass is 10.1. The van der Waals surface area contributed by atoms with Gasteiger partial charge in [0.05, 0.1) is 13.2 Å². The molecule has 0 bridgehead atoms. The van der Waals surface area contributed by atoms with Crippen LogP contribution in [0, 0.1) is 5.92 Å². The molecule has 0 saturated heterocycles. The van der Waals surface area contributed by atoms with Gasteiger partial charge in [0.25, 0.3) is 0 Å². The first-order chi connectivity index (χ1) is 10.0. The SMILES string of the molecule is CC(=O)OC[C@@H](C)CCOc1ccc2ccc(=O)oc2c1. The fourth-order valence-corrected chi connectivity index (χ4v) is 1.85. The van der Waals surface area contributed by atoms with Crippen molar-refractivity contribution in [1.29, 1.82) is 0 Å². The predicted octanol–water partition coefficient (Wildman–Crippen LogP) is 2.76. The molecular formula is C16H18O5. The maximum Gasteiger partial charge on any atom is 0.336 e. The van der Waals surface area contributed by atoms with Gasteiger partial charge in [-0.1, -0.05) is 6.92 Å². The van der Waals surface area contributed by atoms with Crippen molar-refractivity contribution < 1.29 is 18.7 Å². The van der Waals surface area contributed by atoms with E-state index in [1.54, 1.807) is 12.1 Å². The molecule has 0 fully saturated rings. The Balaban J connectivity index is 1.88. The number of hydrogen-bond donors (Lipinski definition) is 0. The fraction of sp³-hybridized carbons (Fsp3) is 0.375. The first-order valence-electron chi connectivity index (χ1n) is 6.84. The molecule has 0 amide bonds. The second kappa shape index (κ2) is 6.92. The Morgan fingerprint density at radius 1 is 1.29 bits per heavy atom. The molecule has 0 unspecified atom stereocenters. The van der Waals surface area contributed by atoms with E-state index in [4.69, 9.17) is 13.9 Å². The van der Waals surface area contributed by atoms with E-state index in [-0.39, 0.29) is 17.5 Å². The third-order valence-corrected chi connectivity index (χ3v) is 3.05. The highest BCUT2D eigenvalue weighted by atomic mass is 16.5. The van der Waals surface area contributed by atoms with E-state index in [9.17, 15) is 9.59 Å². The van der Waals surface area contributed by atoms with Gasteiger partial charge < -0.3 is 13.9 Å². The largest absolute Gasteiger partial charge is 0.493 e. The highest BCUT2D eigenvalue weighted by Crippen LogP contribution is 2.19. The average Bonchev–Trinajstić information content (AvgIpc) is 2.44. The molecule has 2 rings (SSSR count). The summed E-state index contributed by atoms with van der Waals surface area (Å²) in [4.78, 5) is 21.9. The van der Waals surface area contributed by atoms with Crippen LogP contribution in [0.3, 0.4) is 0 Å². The van der Waals surface area contributed by atoms with E-state index >= 15 is 0 Å². The molecule has 5 heteroatoms. The molecule has 0 aliphatic heterocycles. The Morgan fingerprint density at radius 3 is 2.81 bits per heavy atom. The maximum atomic E-state index is 11.2. The molecule has 5 nitrogen and oxygen atoms in total. The van der Waals surface area contributed by atoms with Crippen LogP contribution in [0.2, 0.25) is 0 Å². The molecule has 0 saturated carbocycles. The molecule has 0 N–H and O–H groups in total. The Morgan fingerprint density at radius 2 is 2.05 bits per heavy atom. The minimum atomic E-state index is -0.380. The van der Waals surface area contributed by atoms with Crippen LogP contribution in [-0.2, 0) is 9.53 Å². The molecule has 112 valence electrons. The molecule has 1 aromatic carbocycles. The number of rotatable bonds is 6. The van der Waals surface area contributed by atoms with Gasteiger partial charge in [-0.3, -0.25) is 4.79 Å². The van der Waals surface area contributed by atoms with Gasteiger partial charge in [0.2, 0.25) is 0 Å². The smallest absolute Gasteiger partial charge is 0.336 e. The van der Waals surface area contributed by atoms with Gasteiger partial charge in [0, 0.05) is 24.4 Å². The van der Waals surface area contributed by atoms with E-state index < -0.39 is 0 Å². The van der Waals surface area contributed by atoms with Crippen LogP contribution < -0.4 is 10.4 Å². The first kappa shape index (κ1) is 15.1. The zero-order valence-electron chi connectivity index (χ0n) is 12.1. The second-order valence-corrected chi connectivity index (χ2v) is 5.00. The lowest BCUT2D eigenvalue weighted by Crippen LogP contribution is -2.12. The van der Waals surface area contributed by atoms with Gasteiger partial charge in [-0.15, -0.1) is 0 Å². The molecule has 1 atom stereocenters. The van der Waals surface area contributed by atoms with Crippen molar-refractivity contribution in [1.82, 2.24) is 0 Å². The summed E-state index contributed by atoms with van der Waals surface area (Å²) in [7, 11) is 0. The van der Waals surface area contributed by atoms with E-state index in [2.05, 4.69) is 0 Å². The summed E-state index contributed by atoms with van der Waals surface area (Å²) in [6.45, 7) is 4.29. The van der Waals surface area contributed by atoms with Crippen molar-refractivity contribution >= 4 is 16.9 Å². The number of ether oxygens (including phenoxy) is 2. The van der Waals surface area contributed by atoms with Crippen molar-refractivity contribution in [2.24, 2.45) is 5.92 Å². The standard InChI is InChI=1S/C16H18O5/c1-11(10-20-12(2)17)7-8-19-14-5-3-13-4-6-16(18)21-15(13)9-14/h3-6,9,11H,7-8,10H2,1-2H3/t11-/m0/s1. The number of carbonyl (C=O) groups is 1. The highest BCUT2D eigenvalue weighted by molar-refractivity contribution is 5.77. The predicted molar refractivity (Wildman–Crippen MR) is 78.4 cm³/mol. The average molecular weight is 290 g/mol. The Bertz CT molecular complexity index is 674. The van der Waals surface area contributed by atoms with Gasteiger partial charge in [-0.05, 0) is 30.5 Å². The summed E-state index contributed by atoms with van der Waals surface area (Å²) >= 11 is 0. The van der Waals surface area contributed by atoms with Crippen LogP contribution in [0.25, 0.3) is 11.0 Å². The van der Waals surface area contributed by atoms with Crippen molar-refractivity contribution in [3.8, 4) is 5.75 Å². The number of hydrogen-bond acceptors (Lipinski definition) is 5. The zero-order valence-corrected chi connectivity index (χ0v) is 12.1. The third-order valence-electron chi connectivity index (χ3n) is 3.05. The number of fused-ring (bicyclic) bond motifs is 1. The van der Waals surface area contributed by atoms with Crippen LogP contribution in [-0.4, -0.2) is 19.2 Å². The molecule has 21 heavy (non-hydrogen) atoms. The summed E-state index contributed by atoms with van der Waals surface area (Å²) in [6, 6.07) is 8.48. The van der Waals surface area contributed by atoms with Crippen LogP contribution in [0.1, 0.15) is 20.3 Å². The quantitative estimate of drug-likeness (QED) is 0.604. The van der Waals surface area contributed by atoms with Gasteiger partial charge in [0.1, 0.15) is 11.3 Å². The normalized spacial score (nSPS) is 12.1. The molecule has 0 aliphatic carbocycles. The molecule has 0 radical (unpaired) electrons. The van der Waals surface area contributed by atoms with E-state index in [0.29, 0.717) is 24.5 Å². The molecule has 0 aliphatic rings. The van der Waals surface area contributed by atoms with Crippen molar-refractivity contribution in [3.05, 3.63) is 40.8 Å². The molecule has 0 spiro atoms.